The minimum Gasteiger partial charge on any atom is -0.618 e. The van der Waals surface area contributed by atoms with Crippen LogP contribution in [0.4, 0.5) is 0 Å². The number of hydrogen-bond acceptors (Lipinski definition) is 6. The second kappa shape index (κ2) is 7.18. The Balaban J connectivity index is 2.21. The minimum absolute atomic E-state index is 0.0988. The maximum Gasteiger partial charge on any atom is 0.303 e. The number of ether oxygens (including phenoxy) is 2. The van der Waals surface area contributed by atoms with E-state index in [2.05, 4.69) is 4.98 Å². The van der Waals surface area contributed by atoms with E-state index in [9.17, 15) is 14.8 Å². The van der Waals surface area contributed by atoms with E-state index in [1.54, 1.807) is 42.5 Å². The first-order valence-corrected chi connectivity index (χ1v) is 7.84. The van der Waals surface area contributed by atoms with E-state index < -0.39 is 11.8 Å². The van der Waals surface area contributed by atoms with Crippen LogP contribution in [0.5, 0.6) is 5.75 Å². The molecule has 132 valence electrons. The van der Waals surface area contributed by atoms with Crippen molar-refractivity contribution in [1.82, 2.24) is 4.98 Å². The Morgan fingerprint density at radius 1 is 1.15 bits per heavy atom. The number of nitrogens with zero attached hydrogens (tertiary/aromatic N) is 2. The summed E-state index contributed by atoms with van der Waals surface area (Å²) in [6.45, 7) is 0.975. The quantitative estimate of drug-likeness (QED) is 0.302. The Morgan fingerprint density at radius 2 is 1.88 bits per heavy atom. The van der Waals surface area contributed by atoms with Crippen LogP contribution in [0, 0.1) is 5.21 Å². The third-order valence-electron chi connectivity index (χ3n) is 3.80. The van der Waals surface area contributed by atoms with Crippen LogP contribution in [0.2, 0.25) is 0 Å². The van der Waals surface area contributed by atoms with Crippen molar-refractivity contribution in [1.29, 1.82) is 0 Å². The number of carbonyl (C=O) groups excluding carboxylic acids is 2. The fourth-order valence-corrected chi connectivity index (χ4v) is 2.54. The molecule has 3 aromatic rings. The summed E-state index contributed by atoms with van der Waals surface area (Å²) < 4.78 is 10.6. The summed E-state index contributed by atoms with van der Waals surface area (Å²) in [6.07, 6.45) is 0. The molecule has 0 atom stereocenters. The monoisotopic (exact) mass is 352 g/mol. The predicted octanol–water partition coefficient (Wildman–Crippen LogP) is 2.17. The number of methoxy groups -OCH3 is 1. The number of rotatable bonds is 5. The van der Waals surface area contributed by atoms with Crippen molar-refractivity contribution in [3.63, 3.8) is 0 Å². The van der Waals surface area contributed by atoms with Gasteiger partial charge in [0, 0.05) is 12.5 Å². The molecule has 26 heavy (non-hydrogen) atoms. The molecule has 1 heterocycles. The van der Waals surface area contributed by atoms with Crippen LogP contribution in [0.3, 0.4) is 0 Å². The van der Waals surface area contributed by atoms with Crippen LogP contribution in [0.15, 0.2) is 48.5 Å². The Hall–Kier alpha value is -3.48. The van der Waals surface area contributed by atoms with Gasteiger partial charge < -0.3 is 14.7 Å². The first kappa shape index (κ1) is 17.3. The van der Waals surface area contributed by atoms with Crippen LogP contribution >= 0.6 is 0 Å². The summed E-state index contributed by atoms with van der Waals surface area (Å²) in [5.74, 6) is -0.563. The van der Waals surface area contributed by atoms with Crippen LogP contribution in [0.25, 0.3) is 11.0 Å². The second-order valence-electron chi connectivity index (χ2n) is 5.53. The summed E-state index contributed by atoms with van der Waals surface area (Å²) in [5.41, 5.74) is 0.813. The number of ketones is 1. The number of benzene rings is 2. The van der Waals surface area contributed by atoms with E-state index in [0.29, 0.717) is 21.6 Å². The third-order valence-corrected chi connectivity index (χ3v) is 3.80. The molecule has 0 amide bonds. The molecule has 0 fully saturated rings. The van der Waals surface area contributed by atoms with Gasteiger partial charge >= 0.3 is 5.97 Å². The maximum absolute atomic E-state index is 12.9. The molecule has 0 bridgehead atoms. The summed E-state index contributed by atoms with van der Waals surface area (Å²) in [7, 11) is 1.48. The molecule has 0 saturated carbocycles. The second-order valence-corrected chi connectivity index (χ2v) is 5.53. The van der Waals surface area contributed by atoms with Gasteiger partial charge in [-0.05, 0) is 12.1 Å². The summed E-state index contributed by atoms with van der Waals surface area (Å²) in [6, 6.07) is 13.1. The van der Waals surface area contributed by atoms with Crippen molar-refractivity contribution in [3.05, 3.63) is 70.7 Å². The molecule has 7 nitrogen and oxygen atoms in total. The van der Waals surface area contributed by atoms with Gasteiger partial charge in [0.25, 0.3) is 11.5 Å². The molecule has 0 aliphatic heterocycles. The topological polar surface area (TPSA) is 92.4 Å². The smallest absolute Gasteiger partial charge is 0.303 e. The van der Waals surface area contributed by atoms with Crippen molar-refractivity contribution in [3.8, 4) is 5.75 Å². The molecule has 0 aliphatic carbocycles. The molecule has 0 radical (unpaired) electrons. The predicted molar refractivity (Wildman–Crippen MR) is 92.6 cm³/mol. The normalized spacial score (nSPS) is 10.5. The van der Waals surface area contributed by atoms with Crippen molar-refractivity contribution in [2.75, 3.05) is 7.11 Å². The lowest BCUT2D eigenvalue weighted by Gasteiger charge is -2.12. The molecular weight excluding hydrogens is 336 g/mol. The molecule has 0 N–H and O–H groups in total. The van der Waals surface area contributed by atoms with Crippen molar-refractivity contribution >= 4 is 22.8 Å². The number of esters is 1. The van der Waals surface area contributed by atoms with Gasteiger partial charge in [0.05, 0.1) is 13.2 Å². The largest absolute Gasteiger partial charge is 0.618 e. The molecule has 0 aliphatic rings. The summed E-state index contributed by atoms with van der Waals surface area (Å²) in [4.78, 5) is 28.4. The van der Waals surface area contributed by atoms with Gasteiger partial charge in [-0.3, -0.25) is 9.59 Å². The molecule has 1 aromatic heterocycles. The van der Waals surface area contributed by atoms with Gasteiger partial charge in [-0.15, -0.1) is 0 Å². The molecule has 7 heteroatoms. The van der Waals surface area contributed by atoms with Crippen LogP contribution in [-0.4, -0.2) is 23.8 Å². The highest BCUT2D eigenvalue weighted by Gasteiger charge is 2.28. The van der Waals surface area contributed by atoms with Crippen molar-refractivity contribution < 1.29 is 23.8 Å². The van der Waals surface area contributed by atoms with Crippen LogP contribution in [0.1, 0.15) is 28.7 Å². The lowest BCUT2D eigenvalue weighted by atomic mass is 10.1. The van der Waals surface area contributed by atoms with E-state index in [1.165, 1.54) is 20.1 Å². The average Bonchev–Trinajstić information content (AvgIpc) is 2.66. The fourth-order valence-electron chi connectivity index (χ4n) is 2.54. The van der Waals surface area contributed by atoms with Crippen molar-refractivity contribution in [2.24, 2.45) is 0 Å². The molecule has 0 unspecified atom stereocenters. The lowest BCUT2D eigenvalue weighted by Crippen LogP contribution is -2.38. The molecule has 3 rings (SSSR count). The number of aromatic nitrogens is 2. The number of fused-ring (bicyclic) bond motifs is 1. The first-order chi connectivity index (χ1) is 12.5. The van der Waals surface area contributed by atoms with E-state index in [1.807, 2.05) is 0 Å². The van der Waals surface area contributed by atoms with Crippen LogP contribution in [-0.2, 0) is 16.1 Å². The highest BCUT2D eigenvalue weighted by Crippen LogP contribution is 2.20. The van der Waals surface area contributed by atoms with Gasteiger partial charge in [0.1, 0.15) is 17.9 Å². The van der Waals surface area contributed by atoms with Gasteiger partial charge in [-0.25, -0.2) is 4.98 Å². The molecule has 0 spiro atoms. The van der Waals surface area contributed by atoms with Gasteiger partial charge in [0.2, 0.25) is 5.52 Å². The molecule has 0 saturated heterocycles. The zero-order chi connectivity index (χ0) is 18.7. The van der Waals surface area contributed by atoms with E-state index >= 15 is 0 Å². The van der Waals surface area contributed by atoms with Crippen molar-refractivity contribution in [2.45, 2.75) is 13.5 Å². The van der Waals surface area contributed by atoms with Gasteiger partial charge in [0.15, 0.2) is 5.69 Å². The number of carbonyl (C=O) groups is 2. The summed E-state index contributed by atoms with van der Waals surface area (Å²) >= 11 is 0. The van der Waals surface area contributed by atoms with E-state index in [4.69, 9.17) is 9.47 Å². The summed E-state index contributed by atoms with van der Waals surface area (Å²) in [5, 5.41) is 12.9. The fraction of sp³-hybridized carbons (Fsp3) is 0.158. The Morgan fingerprint density at radius 3 is 2.54 bits per heavy atom. The number of hydrogen-bond donors (Lipinski definition) is 0. The molecule has 2 aromatic carbocycles. The highest BCUT2D eigenvalue weighted by molar-refractivity contribution is 6.07. The first-order valence-electron chi connectivity index (χ1n) is 7.84. The van der Waals surface area contributed by atoms with Crippen LogP contribution < -0.4 is 9.47 Å². The van der Waals surface area contributed by atoms with Gasteiger partial charge in [-0.2, -0.15) is 4.73 Å². The third kappa shape index (κ3) is 3.32. The average molecular weight is 352 g/mol. The highest BCUT2D eigenvalue weighted by atomic mass is 16.5. The Bertz CT molecular complexity index is 986. The molecular formula is C19H16N2O5. The maximum atomic E-state index is 12.9. The van der Waals surface area contributed by atoms with E-state index in [-0.39, 0.29) is 23.5 Å². The Kier molecular flexibility index (Phi) is 4.79. The SMILES string of the molecule is COc1ccc2nc(COC(C)=O)c(C(=O)c3ccccc3)[n+]([O-])c2c1. The lowest BCUT2D eigenvalue weighted by molar-refractivity contribution is -0.580. The minimum atomic E-state index is -0.530. The van der Waals surface area contributed by atoms with E-state index in [0.717, 1.165) is 0 Å². The zero-order valence-electron chi connectivity index (χ0n) is 14.3. The Labute approximate surface area is 149 Å². The zero-order valence-corrected chi connectivity index (χ0v) is 14.3. The van der Waals surface area contributed by atoms with Gasteiger partial charge in [-0.1, -0.05) is 30.3 Å². The standard InChI is InChI=1S/C19H16N2O5/c1-12(22)26-11-16-18(19(23)13-6-4-3-5-7-13)21(24)17-10-14(25-2)8-9-15(17)20-16/h3-10H,11H2,1-2H3.